The maximum Gasteiger partial charge on any atom is 0.416 e. The van der Waals surface area contributed by atoms with E-state index in [0.29, 0.717) is 41.5 Å². The highest BCUT2D eigenvalue weighted by Gasteiger charge is 2.47. The van der Waals surface area contributed by atoms with Gasteiger partial charge >= 0.3 is 12.4 Å². The Labute approximate surface area is 237 Å². The summed E-state index contributed by atoms with van der Waals surface area (Å²) in [6.45, 7) is 5.58. The predicted molar refractivity (Wildman–Crippen MR) is 148 cm³/mol. The number of benzene rings is 3. The molecule has 3 unspecified atom stereocenters. The lowest BCUT2D eigenvalue weighted by Crippen LogP contribution is -2.49. The molecule has 3 atom stereocenters. The SMILES string of the molecule is CC(=O)C(CC(C)C)c1cc(-c2ccc(C(F)(F)F)cc2)cc(C2CCCC(C(F)(F)F)N2Cc2ccccc2)c1. The van der Waals surface area contributed by atoms with Gasteiger partial charge in [-0.2, -0.15) is 26.3 Å². The van der Waals surface area contributed by atoms with Crippen LogP contribution in [-0.4, -0.2) is 22.9 Å². The van der Waals surface area contributed by atoms with Crippen LogP contribution in [0, 0.1) is 5.92 Å². The Bertz CT molecular complexity index is 1310. The van der Waals surface area contributed by atoms with E-state index in [-0.39, 0.29) is 24.7 Å². The van der Waals surface area contributed by atoms with E-state index < -0.39 is 35.9 Å². The molecule has 41 heavy (non-hydrogen) atoms. The van der Waals surface area contributed by atoms with Gasteiger partial charge in [0.15, 0.2) is 0 Å². The molecular formula is C33H35F6NO. The second kappa shape index (κ2) is 12.4. The Morgan fingerprint density at radius 1 is 0.878 bits per heavy atom. The molecule has 2 nitrogen and oxygen atoms in total. The van der Waals surface area contributed by atoms with Crippen LogP contribution in [0.4, 0.5) is 26.3 Å². The minimum absolute atomic E-state index is 0.0122. The molecule has 220 valence electrons. The number of alkyl halides is 6. The number of hydrogen-bond donors (Lipinski definition) is 0. The minimum Gasteiger partial charge on any atom is -0.299 e. The summed E-state index contributed by atoms with van der Waals surface area (Å²) in [4.78, 5) is 14.3. The number of halogens is 6. The van der Waals surface area contributed by atoms with Crippen molar-refractivity contribution in [1.82, 2.24) is 4.90 Å². The number of piperidine rings is 1. The normalized spacial score (nSPS) is 19.4. The zero-order valence-corrected chi connectivity index (χ0v) is 23.4. The Kier molecular flexibility index (Phi) is 9.32. The van der Waals surface area contributed by atoms with Crippen molar-refractivity contribution in [3.63, 3.8) is 0 Å². The zero-order chi connectivity index (χ0) is 29.9. The van der Waals surface area contributed by atoms with Gasteiger partial charge in [-0.3, -0.25) is 9.69 Å². The van der Waals surface area contributed by atoms with Crippen molar-refractivity contribution in [1.29, 1.82) is 0 Å². The van der Waals surface area contributed by atoms with Crippen LogP contribution in [0.1, 0.15) is 80.7 Å². The lowest BCUT2D eigenvalue weighted by Gasteiger charge is -2.43. The first-order valence-electron chi connectivity index (χ1n) is 13.9. The van der Waals surface area contributed by atoms with Crippen molar-refractivity contribution in [2.45, 2.75) is 83.4 Å². The molecule has 8 heteroatoms. The molecule has 1 aliphatic rings. The van der Waals surface area contributed by atoms with Gasteiger partial charge in [-0.25, -0.2) is 0 Å². The summed E-state index contributed by atoms with van der Waals surface area (Å²) < 4.78 is 82.7. The summed E-state index contributed by atoms with van der Waals surface area (Å²) in [6.07, 6.45) is -7.51. The standard InChI is InChI=1S/C33H35F6NO/c1-21(2)16-29(22(3)41)26-17-25(24-12-14-28(15-13-24)32(34,35)36)18-27(19-26)30-10-7-11-31(33(37,38)39)40(30)20-23-8-5-4-6-9-23/h4-6,8-9,12-15,17-19,21,29-31H,7,10-11,16,20H2,1-3H3. The summed E-state index contributed by atoms with van der Waals surface area (Å²) in [5.74, 6) is -0.360. The fourth-order valence-corrected chi connectivity index (χ4v) is 5.87. The molecule has 3 aromatic carbocycles. The van der Waals surface area contributed by atoms with Crippen LogP contribution in [0.5, 0.6) is 0 Å². The van der Waals surface area contributed by atoms with Crippen LogP contribution >= 0.6 is 0 Å². The Balaban J connectivity index is 1.86. The van der Waals surface area contributed by atoms with Crippen molar-refractivity contribution < 1.29 is 31.1 Å². The molecule has 0 bridgehead atoms. The summed E-state index contributed by atoms with van der Waals surface area (Å²) >= 11 is 0. The van der Waals surface area contributed by atoms with Crippen molar-refractivity contribution in [3.8, 4) is 11.1 Å². The fraction of sp³-hybridized carbons (Fsp3) is 0.424. The van der Waals surface area contributed by atoms with Crippen LogP contribution in [-0.2, 0) is 17.5 Å². The highest BCUT2D eigenvalue weighted by molar-refractivity contribution is 5.84. The number of Topliss-reactive ketones (excluding diaryl/α,β-unsaturated/α-hetero) is 1. The number of hydrogen-bond acceptors (Lipinski definition) is 2. The third kappa shape index (κ3) is 7.59. The highest BCUT2D eigenvalue weighted by Crippen LogP contribution is 2.44. The lowest BCUT2D eigenvalue weighted by atomic mass is 9.82. The predicted octanol–water partition coefficient (Wildman–Crippen LogP) is 9.75. The molecule has 1 heterocycles. The van der Waals surface area contributed by atoms with E-state index in [1.54, 1.807) is 36.4 Å². The number of carbonyl (C=O) groups is 1. The van der Waals surface area contributed by atoms with E-state index >= 15 is 0 Å². The molecule has 1 saturated heterocycles. The number of nitrogens with zero attached hydrogens (tertiary/aromatic N) is 1. The summed E-state index contributed by atoms with van der Waals surface area (Å²) in [5.41, 5.74) is 2.37. The maximum absolute atomic E-state index is 14.3. The average Bonchev–Trinajstić information content (AvgIpc) is 2.91. The lowest BCUT2D eigenvalue weighted by molar-refractivity contribution is -0.201. The maximum atomic E-state index is 14.3. The zero-order valence-electron chi connectivity index (χ0n) is 23.4. The van der Waals surface area contributed by atoms with E-state index in [1.165, 1.54) is 24.0 Å². The first-order valence-corrected chi connectivity index (χ1v) is 13.9. The number of carbonyl (C=O) groups excluding carboxylic acids is 1. The van der Waals surface area contributed by atoms with Gasteiger partial charge in [-0.15, -0.1) is 0 Å². The number of rotatable bonds is 8. The van der Waals surface area contributed by atoms with E-state index in [1.807, 2.05) is 26.0 Å². The van der Waals surface area contributed by atoms with Gasteiger partial charge in [-0.05, 0) is 84.5 Å². The molecule has 0 N–H and O–H groups in total. The van der Waals surface area contributed by atoms with E-state index in [4.69, 9.17) is 0 Å². The van der Waals surface area contributed by atoms with Gasteiger partial charge in [0, 0.05) is 18.5 Å². The van der Waals surface area contributed by atoms with Gasteiger partial charge in [0.2, 0.25) is 0 Å². The molecule has 4 rings (SSSR count). The number of ketones is 1. The molecule has 0 amide bonds. The third-order valence-electron chi connectivity index (χ3n) is 7.85. The molecule has 3 aromatic rings. The minimum atomic E-state index is -4.49. The molecule has 0 aromatic heterocycles. The Morgan fingerprint density at radius 3 is 2.10 bits per heavy atom. The molecule has 1 fully saturated rings. The van der Waals surface area contributed by atoms with Crippen LogP contribution < -0.4 is 0 Å². The van der Waals surface area contributed by atoms with Crippen molar-refractivity contribution >= 4 is 5.78 Å². The Hall–Kier alpha value is -3.13. The van der Waals surface area contributed by atoms with E-state index in [0.717, 1.165) is 17.7 Å². The molecule has 1 aliphatic heterocycles. The first kappa shape index (κ1) is 30.8. The van der Waals surface area contributed by atoms with Gasteiger partial charge in [0.1, 0.15) is 11.8 Å². The largest absolute Gasteiger partial charge is 0.416 e. The van der Waals surface area contributed by atoms with Crippen LogP contribution in [0.3, 0.4) is 0 Å². The van der Waals surface area contributed by atoms with Crippen LogP contribution in [0.25, 0.3) is 11.1 Å². The van der Waals surface area contributed by atoms with Gasteiger partial charge < -0.3 is 0 Å². The van der Waals surface area contributed by atoms with Gasteiger partial charge in [0.25, 0.3) is 0 Å². The van der Waals surface area contributed by atoms with E-state index in [9.17, 15) is 31.1 Å². The monoisotopic (exact) mass is 575 g/mol. The summed E-state index contributed by atoms with van der Waals surface area (Å²) in [5, 5.41) is 0. The molecular weight excluding hydrogens is 540 g/mol. The van der Waals surface area contributed by atoms with Crippen LogP contribution in [0.2, 0.25) is 0 Å². The van der Waals surface area contributed by atoms with E-state index in [2.05, 4.69) is 0 Å². The van der Waals surface area contributed by atoms with Gasteiger partial charge in [0.05, 0.1) is 5.56 Å². The van der Waals surface area contributed by atoms with Crippen molar-refractivity contribution in [3.05, 3.63) is 95.1 Å². The average molecular weight is 576 g/mol. The third-order valence-corrected chi connectivity index (χ3v) is 7.85. The highest BCUT2D eigenvalue weighted by atomic mass is 19.4. The second-order valence-electron chi connectivity index (χ2n) is 11.4. The van der Waals surface area contributed by atoms with Crippen LogP contribution in [0.15, 0.2) is 72.8 Å². The summed E-state index contributed by atoms with van der Waals surface area (Å²) in [6, 6.07) is 16.9. The summed E-state index contributed by atoms with van der Waals surface area (Å²) in [7, 11) is 0. The smallest absolute Gasteiger partial charge is 0.299 e. The molecule has 0 spiro atoms. The van der Waals surface area contributed by atoms with Crippen molar-refractivity contribution in [2.24, 2.45) is 5.92 Å². The van der Waals surface area contributed by atoms with Gasteiger partial charge in [-0.1, -0.05) is 68.4 Å². The topological polar surface area (TPSA) is 20.3 Å². The molecule has 0 aliphatic carbocycles. The first-order chi connectivity index (χ1) is 19.2. The Morgan fingerprint density at radius 2 is 1.54 bits per heavy atom. The second-order valence-corrected chi connectivity index (χ2v) is 11.4. The number of likely N-dealkylation sites (tertiary alicyclic amines) is 1. The fourth-order valence-electron chi connectivity index (χ4n) is 5.87. The quantitative estimate of drug-likeness (QED) is 0.249. The molecule has 0 saturated carbocycles. The molecule has 0 radical (unpaired) electrons. The van der Waals surface area contributed by atoms with Crippen molar-refractivity contribution in [2.75, 3.05) is 0 Å².